The summed E-state index contributed by atoms with van der Waals surface area (Å²) in [5, 5.41) is 2.59. The molecule has 1 aromatic heterocycles. The van der Waals surface area contributed by atoms with Gasteiger partial charge in [-0.05, 0) is 25.0 Å². The van der Waals surface area contributed by atoms with Gasteiger partial charge >= 0.3 is 0 Å². The van der Waals surface area contributed by atoms with Gasteiger partial charge in [-0.3, -0.25) is 14.4 Å². The van der Waals surface area contributed by atoms with Crippen molar-refractivity contribution in [1.82, 2.24) is 15.1 Å². The first-order valence-corrected chi connectivity index (χ1v) is 9.28. The Morgan fingerprint density at radius 1 is 1.16 bits per heavy atom. The Morgan fingerprint density at radius 3 is 2.28 bits per heavy atom. The lowest BCUT2D eigenvalue weighted by Crippen LogP contribution is -2.53. The van der Waals surface area contributed by atoms with Crippen LogP contribution in [0.15, 0.2) is 12.1 Å². The molecule has 1 atom stereocenters. The Kier molecular flexibility index (Phi) is 6.55. The molecule has 1 fully saturated rings. The van der Waals surface area contributed by atoms with Crippen LogP contribution in [0.3, 0.4) is 0 Å². The maximum Gasteiger partial charge on any atom is 0.264 e. The molecule has 1 saturated heterocycles. The molecular formula is C17H26N4O3S. The van der Waals surface area contributed by atoms with Gasteiger partial charge in [0.2, 0.25) is 11.8 Å². The largest absolute Gasteiger partial charge is 0.346 e. The summed E-state index contributed by atoms with van der Waals surface area (Å²) in [6, 6.07) is 3.16. The van der Waals surface area contributed by atoms with Crippen LogP contribution >= 0.6 is 11.3 Å². The van der Waals surface area contributed by atoms with Gasteiger partial charge in [-0.15, -0.1) is 11.3 Å². The maximum absolute atomic E-state index is 12.4. The van der Waals surface area contributed by atoms with E-state index >= 15 is 0 Å². The van der Waals surface area contributed by atoms with Crippen LogP contribution < -0.4 is 11.1 Å². The van der Waals surface area contributed by atoms with Crippen molar-refractivity contribution in [1.29, 1.82) is 0 Å². The van der Waals surface area contributed by atoms with Crippen molar-refractivity contribution in [2.75, 3.05) is 32.7 Å². The average Bonchev–Trinajstić information content (AvgIpc) is 3.04. The van der Waals surface area contributed by atoms with E-state index in [9.17, 15) is 14.4 Å². The molecule has 0 aromatic carbocycles. The second-order valence-electron chi connectivity index (χ2n) is 6.57. The number of aryl methyl sites for hydroxylation is 1. The number of nitrogens with two attached hydrogens (primary N) is 1. The molecule has 0 saturated carbocycles. The second-order valence-corrected chi connectivity index (χ2v) is 7.86. The zero-order valence-corrected chi connectivity index (χ0v) is 15.8. The standard InChI is InChI=1S/C17H26N4O3S/c1-11(2)15(18)16(23)19-10-14(22)20-6-8-21(9-7-20)17(24)13-5-4-12(3)25-13/h4-5,11,15H,6-10,18H2,1-3H3,(H,19,23)/t15-/m0/s1. The van der Waals surface area contributed by atoms with E-state index in [1.54, 1.807) is 9.80 Å². The third-order valence-corrected chi connectivity index (χ3v) is 5.29. The molecule has 1 aliphatic heterocycles. The predicted molar refractivity (Wildman–Crippen MR) is 97.4 cm³/mol. The molecule has 3 amide bonds. The van der Waals surface area contributed by atoms with Crippen molar-refractivity contribution in [2.45, 2.75) is 26.8 Å². The fourth-order valence-corrected chi connectivity index (χ4v) is 3.39. The number of amides is 3. The number of carbonyl (C=O) groups excluding carboxylic acids is 3. The highest BCUT2D eigenvalue weighted by molar-refractivity contribution is 7.13. The van der Waals surface area contributed by atoms with Crippen molar-refractivity contribution in [3.05, 3.63) is 21.9 Å². The fourth-order valence-electron chi connectivity index (χ4n) is 2.56. The summed E-state index contributed by atoms with van der Waals surface area (Å²) >= 11 is 1.48. The summed E-state index contributed by atoms with van der Waals surface area (Å²) in [6.07, 6.45) is 0. The van der Waals surface area contributed by atoms with E-state index in [1.165, 1.54) is 11.3 Å². The van der Waals surface area contributed by atoms with Crippen molar-refractivity contribution in [2.24, 2.45) is 11.7 Å². The summed E-state index contributed by atoms with van der Waals surface area (Å²) in [4.78, 5) is 41.7. The first-order chi connectivity index (χ1) is 11.8. The topological polar surface area (TPSA) is 95.7 Å². The molecule has 0 bridgehead atoms. The summed E-state index contributed by atoms with van der Waals surface area (Å²) in [6.45, 7) is 7.58. The molecule has 1 aromatic rings. The summed E-state index contributed by atoms with van der Waals surface area (Å²) < 4.78 is 0. The summed E-state index contributed by atoms with van der Waals surface area (Å²) in [5.41, 5.74) is 5.75. The van der Waals surface area contributed by atoms with Crippen LogP contribution in [0.2, 0.25) is 0 Å². The lowest BCUT2D eigenvalue weighted by atomic mass is 10.1. The van der Waals surface area contributed by atoms with Gasteiger partial charge in [0, 0.05) is 31.1 Å². The molecule has 2 heterocycles. The summed E-state index contributed by atoms with van der Waals surface area (Å²) in [5.74, 6) is -0.430. The molecule has 25 heavy (non-hydrogen) atoms. The fraction of sp³-hybridized carbons (Fsp3) is 0.588. The molecule has 3 N–H and O–H groups in total. The first kappa shape index (κ1) is 19.4. The Balaban J connectivity index is 1.78. The van der Waals surface area contributed by atoms with Crippen LogP contribution in [0.4, 0.5) is 0 Å². The number of thiophene rings is 1. The molecule has 1 aliphatic rings. The minimum Gasteiger partial charge on any atom is -0.346 e. The van der Waals surface area contributed by atoms with E-state index in [0.29, 0.717) is 26.2 Å². The Bertz CT molecular complexity index is 636. The minimum absolute atomic E-state index is 0.0152. The second kappa shape index (κ2) is 8.44. The van der Waals surface area contributed by atoms with E-state index in [0.717, 1.165) is 9.75 Å². The molecule has 2 rings (SSSR count). The third-order valence-electron chi connectivity index (χ3n) is 4.31. The quantitative estimate of drug-likeness (QED) is 0.790. The van der Waals surface area contributed by atoms with Gasteiger partial charge in [-0.2, -0.15) is 0 Å². The Hall–Kier alpha value is -1.93. The number of piperazine rings is 1. The van der Waals surface area contributed by atoms with Crippen LogP contribution in [0.1, 0.15) is 28.4 Å². The van der Waals surface area contributed by atoms with Crippen molar-refractivity contribution in [3.63, 3.8) is 0 Å². The highest BCUT2D eigenvalue weighted by Gasteiger charge is 2.26. The van der Waals surface area contributed by atoms with Crippen LogP contribution in [-0.2, 0) is 9.59 Å². The number of nitrogens with zero attached hydrogens (tertiary/aromatic N) is 2. The Labute approximate surface area is 152 Å². The van der Waals surface area contributed by atoms with Gasteiger partial charge in [-0.1, -0.05) is 13.8 Å². The van der Waals surface area contributed by atoms with Crippen molar-refractivity contribution in [3.8, 4) is 0 Å². The lowest BCUT2D eigenvalue weighted by molar-refractivity contribution is -0.134. The first-order valence-electron chi connectivity index (χ1n) is 8.46. The monoisotopic (exact) mass is 366 g/mol. The number of rotatable bonds is 5. The molecule has 7 nitrogen and oxygen atoms in total. The predicted octanol–water partition coefficient (Wildman–Crippen LogP) is 0.440. The third kappa shape index (κ3) is 5.02. The van der Waals surface area contributed by atoms with Crippen molar-refractivity contribution >= 4 is 29.1 Å². The van der Waals surface area contributed by atoms with Gasteiger partial charge in [0.15, 0.2) is 0 Å². The van der Waals surface area contributed by atoms with Gasteiger partial charge in [0.1, 0.15) is 0 Å². The molecule has 0 unspecified atom stereocenters. The average molecular weight is 366 g/mol. The molecule has 138 valence electrons. The molecule has 0 aliphatic carbocycles. The van der Waals surface area contributed by atoms with Crippen LogP contribution in [-0.4, -0.2) is 66.3 Å². The zero-order valence-electron chi connectivity index (χ0n) is 14.9. The van der Waals surface area contributed by atoms with Crippen LogP contribution in [0, 0.1) is 12.8 Å². The highest BCUT2D eigenvalue weighted by atomic mass is 32.1. The van der Waals surface area contributed by atoms with Gasteiger partial charge in [0.05, 0.1) is 17.5 Å². The van der Waals surface area contributed by atoms with Gasteiger partial charge < -0.3 is 20.9 Å². The normalized spacial score (nSPS) is 16.0. The number of hydrogen-bond donors (Lipinski definition) is 2. The van der Waals surface area contributed by atoms with E-state index in [4.69, 9.17) is 5.73 Å². The van der Waals surface area contributed by atoms with Crippen LogP contribution in [0.25, 0.3) is 0 Å². The molecule has 8 heteroatoms. The number of nitrogens with one attached hydrogen (secondary N) is 1. The molecular weight excluding hydrogens is 340 g/mol. The molecule has 0 radical (unpaired) electrons. The van der Waals surface area contributed by atoms with E-state index < -0.39 is 6.04 Å². The number of hydrogen-bond acceptors (Lipinski definition) is 5. The van der Waals surface area contributed by atoms with Gasteiger partial charge in [0.25, 0.3) is 5.91 Å². The zero-order chi connectivity index (χ0) is 18.6. The van der Waals surface area contributed by atoms with Crippen LogP contribution in [0.5, 0.6) is 0 Å². The number of carbonyl (C=O) groups is 3. The minimum atomic E-state index is -0.614. The Morgan fingerprint density at radius 2 is 1.76 bits per heavy atom. The van der Waals surface area contributed by atoms with E-state index in [2.05, 4.69) is 5.32 Å². The highest BCUT2D eigenvalue weighted by Crippen LogP contribution is 2.18. The lowest BCUT2D eigenvalue weighted by Gasteiger charge is -2.34. The van der Waals surface area contributed by atoms with Gasteiger partial charge in [-0.25, -0.2) is 0 Å². The van der Waals surface area contributed by atoms with E-state index in [1.807, 2.05) is 32.9 Å². The molecule has 0 spiro atoms. The summed E-state index contributed by atoms with van der Waals surface area (Å²) in [7, 11) is 0. The SMILES string of the molecule is Cc1ccc(C(=O)N2CCN(C(=O)CNC(=O)[C@@H](N)C(C)C)CC2)s1. The maximum atomic E-state index is 12.4. The van der Waals surface area contributed by atoms with Crippen molar-refractivity contribution < 1.29 is 14.4 Å². The van der Waals surface area contributed by atoms with E-state index in [-0.39, 0.29) is 30.2 Å². The smallest absolute Gasteiger partial charge is 0.264 e.